The van der Waals surface area contributed by atoms with Crippen molar-refractivity contribution in [1.29, 1.82) is 0 Å². The SMILES string of the molecule is CC1(C)c2cc(N(c3ccc(-c4ccccc4)cc3)c3ccc(-c4ccccc4)cc3)ccc2-c2ccc(N(c3ccc(-c4ccccc4)cc3)c3ccc(-c4ccc(-c5ccccc5)cc4)cc3)cc21. The Kier molecular flexibility index (Phi) is 11.3. The molecule has 1 aliphatic carbocycles. The summed E-state index contributed by atoms with van der Waals surface area (Å²) in [5.74, 6) is 0. The van der Waals surface area contributed by atoms with Crippen molar-refractivity contribution in [2.45, 2.75) is 19.3 Å². The van der Waals surface area contributed by atoms with E-state index in [-0.39, 0.29) is 5.41 Å². The maximum Gasteiger partial charge on any atom is 0.0465 e. The average Bonchev–Trinajstić information content (AvgIpc) is 3.67. The van der Waals surface area contributed by atoms with E-state index in [4.69, 9.17) is 0 Å². The van der Waals surface area contributed by atoms with Crippen molar-refractivity contribution in [1.82, 2.24) is 0 Å². The number of fused-ring (bicyclic) bond motifs is 3. The first-order chi connectivity index (χ1) is 34.9. The molecule has 0 atom stereocenters. The van der Waals surface area contributed by atoms with Crippen LogP contribution in [0.25, 0.3) is 66.8 Å². The number of hydrogen-bond acceptors (Lipinski definition) is 2. The van der Waals surface area contributed by atoms with Gasteiger partial charge in [-0.15, -0.1) is 0 Å². The van der Waals surface area contributed by atoms with Gasteiger partial charge in [-0.05, 0) is 151 Å². The van der Waals surface area contributed by atoms with E-state index in [0.717, 1.165) is 34.1 Å². The van der Waals surface area contributed by atoms with Gasteiger partial charge >= 0.3 is 0 Å². The standard InChI is InChI=1S/C69H52N2/c1-69(2)67-47-63(70(59-35-27-55(28-36-59)50-17-9-4-10-18-50)60-37-29-56(30-38-60)51-19-11-5-12-20-51)43-45-65(67)66-46-44-64(48-68(66)69)71(61-39-31-57(32-40-61)52-21-13-6-14-22-52)62-41-33-58(34-42-62)54-25-23-53(24-26-54)49-15-7-3-8-16-49/h3-48H,1-2H3. The number of hydrogen-bond donors (Lipinski definition) is 0. The van der Waals surface area contributed by atoms with Gasteiger partial charge in [-0.2, -0.15) is 0 Å². The lowest BCUT2D eigenvalue weighted by molar-refractivity contribution is 0.660. The van der Waals surface area contributed by atoms with E-state index in [9.17, 15) is 0 Å². The van der Waals surface area contributed by atoms with Gasteiger partial charge in [0.15, 0.2) is 0 Å². The van der Waals surface area contributed by atoms with E-state index in [2.05, 4.69) is 303 Å². The van der Waals surface area contributed by atoms with Crippen LogP contribution < -0.4 is 9.80 Å². The summed E-state index contributed by atoms with van der Waals surface area (Å²) in [4.78, 5) is 4.80. The minimum atomic E-state index is -0.282. The molecule has 0 N–H and O–H groups in total. The van der Waals surface area contributed by atoms with Crippen molar-refractivity contribution in [2.24, 2.45) is 0 Å². The molecule has 0 heterocycles. The Morgan fingerprint density at radius 1 is 0.211 bits per heavy atom. The van der Waals surface area contributed by atoms with Gasteiger partial charge < -0.3 is 9.80 Å². The van der Waals surface area contributed by atoms with Gasteiger partial charge in [0.25, 0.3) is 0 Å². The predicted molar refractivity (Wildman–Crippen MR) is 301 cm³/mol. The maximum absolute atomic E-state index is 2.43. The highest BCUT2D eigenvalue weighted by Gasteiger charge is 2.37. The number of rotatable bonds is 11. The van der Waals surface area contributed by atoms with Gasteiger partial charge in [-0.1, -0.05) is 220 Å². The molecule has 0 spiro atoms. The van der Waals surface area contributed by atoms with Crippen molar-refractivity contribution in [3.63, 3.8) is 0 Å². The van der Waals surface area contributed by atoms with Gasteiger partial charge in [-0.25, -0.2) is 0 Å². The highest BCUT2D eigenvalue weighted by molar-refractivity contribution is 5.89. The minimum absolute atomic E-state index is 0.282. The van der Waals surface area contributed by atoms with Crippen LogP contribution in [0.2, 0.25) is 0 Å². The minimum Gasteiger partial charge on any atom is -0.310 e. The van der Waals surface area contributed by atoms with Crippen molar-refractivity contribution in [3.05, 3.63) is 290 Å². The molecule has 0 unspecified atom stereocenters. The molecule has 0 saturated heterocycles. The molecular formula is C69H52N2. The molecular weight excluding hydrogens is 857 g/mol. The molecule has 2 heteroatoms. The normalized spacial score (nSPS) is 12.2. The maximum atomic E-state index is 2.43. The van der Waals surface area contributed by atoms with E-state index in [0.29, 0.717) is 0 Å². The third-order valence-corrected chi connectivity index (χ3v) is 14.3. The fourth-order valence-electron chi connectivity index (χ4n) is 10.5. The Morgan fingerprint density at radius 2 is 0.408 bits per heavy atom. The van der Waals surface area contributed by atoms with Crippen molar-refractivity contribution in [2.75, 3.05) is 9.80 Å². The third-order valence-electron chi connectivity index (χ3n) is 14.3. The lowest BCUT2D eigenvalue weighted by Crippen LogP contribution is -2.17. The fraction of sp³-hybridized carbons (Fsp3) is 0.0435. The number of anilines is 6. The Balaban J connectivity index is 0.909. The highest BCUT2D eigenvalue weighted by Crippen LogP contribution is 2.53. The predicted octanol–water partition coefficient (Wildman–Crippen LogP) is 19.3. The first-order valence-corrected chi connectivity index (χ1v) is 24.6. The Morgan fingerprint density at radius 3 is 0.648 bits per heavy atom. The van der Waals surface area contributed by atoms with Crippen LogP contribution >= 0.6 is 0 Å². The summed E-state index contributed by atoms with van der Waals surface area (Å²) in [5, 5.41) is 0. The Bertz CT molecular complexity index is 3500. The zero-order valence-electron chi connectivity index (χ0n) is 40.0. The first kappa shape index (κ1) is 43.3. The summed E-state index contributed by atoms with van der Waals surface area (Å²) in [5.41, 5.74) is 23.6. The summed E-state index contributed by atoms with van der Waals surface area (Å²) in [6.45, 7) is 4.77. The van der Waals surface area contributed by atoms with Gasteiger partial charge in [0.1, 0.15) is 0 Å². The highest BCUT2D eigenvalue weighted by atomic mass is 15.1. The van der Waals surface area contributed by atoms with Gasteiger partial charge in [0, 0.05) is 39.5 Å². The van der Waals surface area contributed by atoms with E-state index in [1.807, 2.05) is 0 Å². The molecule has 0 aromatic heterocycles. The summed E-state index contributed by atoms with van der Waals surface area (Å²) in [6, 6.07) is 101. The smallest absolute Gasteiger partial charge is 0.0465 e. The molecule has 0 radical (unpaired) electrons. The van der Waals surface area contributed by atoms with E-state index >= 15 is 0 Å². The Hall–Kier alpha value is -8.98. The molecule has 338 valence electrons. The summed E-state index contributed by atoms with van der Waals surface area (Å²) in [6.07, 6.45) is 0. The molecule has 2 nitrogen and oxygen atoms in total. The number of benzene rings is 11. The van der Waals surface area contributed by atoms with Crippen LogP contribution in [0.5, 0.6) is 0 Å². The molecule has 0 aliphatic heterocycles. The van der Waals surface area contributed by atoms with Crippen LogP contribution in [0.1, 0.15) is 25.0 Å². The average molecular weight is 909 g/mol. The second-order valence-electron chi connectivity index (χ2n) is 19.0. The molecule has 0 amide bonds. The second-order valence-corrected chi connectivity index (χ2v) is 19.0. The van der Waals surface area contributed by atoms with Crippen molar-refractivity contribution < 1.29 is 0 Å². The van der Waals surface area contributed by atoms with E-state index in [1.165, 1.54) is 77.9 Å². The van der Waals surface area contributed by atoms with Crippen molar-refractivity contribution >= 4 is 34.1 Å². The van der Waals surface area contributed by atoms with Crippen LogP contribution in [0, 0.1) is 0 Å². The Labute approximate surface area is 418 Å². The van der Waals surface area contributed by atoms with Crippen LogP contribution in [0.3, 0.4) is 0 Å². The van der Waals surface area contributed by atoms with Crippen LogP contribution in [0.4, 0.5) is 34.1 Å². The van der Waals surface area contributed by atoms with Crippen LogP contribution in [-0.4, -0.2) is 0 Å². The molecule has 0 saturated carbocycles. The fourth-order valence-corrected chi connectivity index (χ4v) is 10.5. The molecule has 0 bridgehead atoms. The summed E-state index contributed by atoms with van der Waals surface area (Å²) in [7, 11) is 0. The topological polar surface area (TPSA) is 6.48 Å². The molecule has 11 aromatic carbocycles. The van der Waals surface area contributed by atoms with Gasteiger partial charge in [0.05, 0.1) is 0 Å². The summed E-state index contributed by atoms with van der Waals surface area (Å²) >= 11 is 0. The quantitative estimate of drug-likeness (QED) is 0.128. The lowest BCUT2D eigenvalue weighted by atomic mass is 9.82. The van der Waals surface area contributed by atoms with E-state index < -0.39 is 0 Å². The molecule has 12 rings (SSSR count). The van der Waals surface area contributed by atoms with Crippen LogP contribution in [-0.2, 0) is 5.41 Å². The zero-order valence-corrected chi connectivity index (χ0v) is 40.0. The molecule has 71 heavy (non-hydrogen) atoms. The van der Waals surface area contributed by atoms with E-state index in [1.54, 1.807) is 0 Å². The van der Waals surface area contributed by atoms with Gasteiger partial charge in [-0.3, -0.25) is 0 Å². The van der Waals surface area contributed by atoms with Gasteiger partial charge in [0.2, 0.25) is 0 Å². The van der Waals surface area contributed by atoms with Crippen molar-refractivity contribution in [3.8, 4) is 66.8 Å². The third kappa shape index (κ3) is 8.41. The van der Waals surface area contributed by atoms with Crippen LogP contribution in [0.15, 0.2) is 279 Å². The molecule has 0 fully saturated rings. The lowest BCUT2D eigenvalue weighted by Gasteiger charge is -2.29. The second kappa shape index (κ2) is 18.5. The molecule has 11 aromatic rings. The monoisotopic (exact) mass is 908 g/mol. The first-order valence-electron chi connectivity index (χ1n) is 24.6. The summed E-state index contributed by atoms with van der Waals surface area (Å²) < 4.78 is 0. The number of nitrogens with zero attached hydrogens (tertiary/aromatic N) is 2. The largest absolute Gasteiger partial charge is 0.310 e. The zero-order chi connectivity index (χ0) is 47.7. The molecule has 1 aliphatic rings.